The summed E-state index contributed by atoms with van der Waals surface area (Å²) in [4.78, 5) is 2.65. The number of nitrogens with zero attached hydrogens (tertiary/aromatic N) is 1. The van der Waals surface area contributed by atoms with Crippen LogP contribution in [0.3, 0.4) is 0 Å². The lowest BCUT2D eigenvalue weighted by Crippen LogP contribution is -2.45. The Bertz CT molecular complexity index is 452. The molecule has 2 aliphatic rings. The first-order valence-corrected chi connectivity index (χ1v) is 8.56. The average molecular weight is 288 g/mol. The Kier molecular flexibility index (Phi) is 4.81. The molecule has 2 unspecified atom stereocenters. The lowest BCUT2D eigenvalue weighted by atomic mass is 9.98. The third kappa shape index (κ3) is 3.58. The zero-order valence-electron chi connectivity index (χ0n) is 13.1. The van der Waals surface area contributed by atoms with Gasteiger partial charge in [0.1, 0.15) is 5.75 Å². The molecule has 0 bridgehead atoms. The molecule has 1 heterocycles. The standard InChI is InChI=1S/C18H28N2O/c1-2-17(16-8-3-4-9-18(16)21)20(15-10-11-15)13-14-7-5-6-12-19-14/h3-4,8-9,14-15,17,19,21H,2,5-7,10-13H2,1H3. The van der Waals surface area contributed by atoms with E-state index in [1.165, 1.54) is 32.1 Å². The third-order valence-corrected chi connectivity index (χ3v) is 4.94. The van der Waals surface area contributed by atoms with E-state index in [4.69, 9.17) is 0 Å². The second kappa shape index (κ2) is 6.80. The van der Waals surface area contributed by atoms with Gasteiger partial charge in [-0.25, -0.2) is 0 Å². The first kappa shape index (κ1) is 14.9. The van der Waals surface area contributed by atoms with Crippen LogP contribution in [0.2, 0.25) is 0 Å². The van der Waals surface area contributed by atoms with Crippen molar-refractivity contribution in [2.24, 2.45) is 0 Å². The van der Waals surface area contributed by atoms with E-state index in [9.17, 15) is 5.11 Å². The molecule has 1 aromatic rings. The summed E-state index contributed by atoms with van der Waals surface area (Å²) in [6.45, 7) is 4.52. The molecule has 116 valence electrons. The minimum Gasteiger partial charge on any atom is -0.508 e. The lowest BCUT2D eigenvalue weighted by Gasteiger charge is -2.36. The quantitative estimate of drug-likeness (QED) is 0.841. The van der Waals surface area contributed by atoms with E-state index < -0.39 is 0 Å². The number of phenolic OH excluding ortho intramolecular Hbond substituents is 1. The highest BCUT2D eigenvalue weighted by atomic mass is 16.3. The molecule has 0 spiro atoms. The van der Waals surface area contributed by atoms with Crippen LogP contribution < -0.4 is 5.32 Å². The van der Waals surface area contributed by atoms with E-state index >= 15 is 0 Å². The van der Waals surface area contributed by atoms with Gasteiger partial charge >= 0.3 is 0 Å². The second-order valence-electron chi connectivity index (χ2n) is 6.56. The Morgan fingerprint density at radius 3 is 2.67 bits per heavy atom. The summed E-state index contributed by atoms with van der Waals surface area (Å²) < 4.78 is 0. The second-order valence-corrected chi connectivity index (χ2v) is 6.56. The number of nitrogens with one attached hydrogen (secondary N) is 1. The monoisotopic (exact) mass is 288 g/mol. The zero-order chi connectivity index (χ0) is 14.7. The van der Waals surface area contributed by atoms with E-state index in [0.29, 0.717) is 17.8 Å². The molecule has 0 amide bonds. The fourth-order valence-electron chi connectivity index (χ4n) is 3.67. The molecule has 21 heavy (non-hydrogen) atoms. The minimum absolute atomic E-state index is 0.349. The van der Waals surface area contributed by atoms with E-state index in [2.05, 4.69) is 23.2 Å². The predicted octanol–water partition coefficient (Wildman–Crippen LogP) is 3.45. The van der Waals surface area contributed by atoms with Gasteiger partial charge < -0.3 is 10.4 Å². The Labute approximate surface area is 128 Å². The number of hydrogen-bond donors (Lipinski definition) is 2. The van der Waals surface area contributed by atoms with Crippen molar-refractivity contribution in [1.82, 2.24) is 10.2 Å². The summed E-state index contributed by atoms with van der Waals surface area (Å²) in [5, 5.41) is 13.9. The van der Waals surface area contributed by atoms with Gasteiger partial charge in [-0.05, 0) is 44.7 Å². The van der Waals surface area contributed by atoms with E-state index in [1.54, 1.807) is 0 Å². The topological polar surface area (TPSA) is 35.5 Å². The normalized spacial score (nSPS) is 24.2. The molecule has 2 N–H and O–H groups in total. The summed E-state index contributed by atoms with van der Waals surface area (Å²) in [5.41, 5.74) is 1.10. The average Bonchev–Trinajstić information content (AvgIpc) is 3.34. The van der Waals surface area contributed by atoms with Crippen molar-refractivity contribution in [2.75, 3.05) is 13.1 Å². The van der Waals surface area contributed by atoms with Crippen LogP contribution in [0.15, 0.2) is 24.3 Å². The van der Waals surface area contributed by atoms with Crippen molar-refractivity contribution in [1.29, 1.82) is 0 Å². The molecule has 3 rings (SSSR count). The maximum absolute atomic E-state index is 10.2. The van der Waals surface area contributed by atoms with Gasteiger partial charge in [-0.3, -0.25) is 4.90 Å². The van der Waals surface area contributed by atoms with Gasteiger partial charge in [0.2, 0.25) is 0 Å². The third-order valence-electron chi connectivity index (χ3n) is 4.94. The predicted molar refractivity (Wildman–Crippen MR) is 86.5 cm³/mol. The van der Waals surface area contributed by atoms with E-state index in [1.807, 2.05) is 18.2 Å². The highest BCUT2D eigenvalue weighted by Crippen LogP contribution is 2.39. The SMILES string of the molecule is CCC(c1ccccc1O)N(CC1CCCCN1)C1CC1. The molecule has 0 radical (unpaired) electrons. The molecule has 3 heteroatoms. The maximum Gasteiger partial charge on any atom is 0.120 e. The van der Waals surface area contributed by atoms with Gasteiger partial charge in [0, 0.05) is 30.2 Å². The maximum atomic E-state index is 10.2. The van der Waals surface area contributed by atoms with E-state index in [-0.39, 0.29) is 0 Å². The number of hydrogen-bond acceptors (Lipinski definition) is 3. The molecule has 1 saturated heterocycles. The Balaban J connectivity index is 1.76. The van der Waals surface area contributed by atoms with Crippen LogP contribution in [0.4, 0.5) is 0 Å². The summed E-state index contributed by atoms with van der Waals surface area (Å²) in [5.74, 6) is 0.451. The molecule has 1 aliphatic heterocycles. The van der Waals surface area contributed by atoms with Crippen LogP contribution in [0, 0.1) is 0 Å². The minimum atomic E-state index is 0.349. The lowest BCUT2D eigenvalue weighted by molar-refractivity contribution is 0.150. The molecule has 1 aliphatic carbocycles. The van der Waals surface area contributed by atoms with Crippen LogP contribution in [-0.2, 0) is 0 Å². The van der Waals surface area contributed by atoms with Crippen LogP contribution >= 0.6 is 0 Å². The van der Waals surface area contributed by atoms with Crippen molar-refractivity contribution in [3.05, 3.63) is 29.8 Å². The fourth-order valence-corrected chi connectivity index (χ4v) is 3.67. The van der Waals surface area contributed by atoms with Gasteiger partial charge in [-0.1, -0.05) is 31.5 Å². The van der Waals surface area contributed by atoms with Crippen LogP contribution in [0.1, 0.15) is 57.1 Å². The zero-order valence-corrected chi connectivity index (χ0v) is 13.1. The smallest absolute Gasteiger partial charge is 0.120 e. The van der Waals surface area contributed by atoms with Crippen molar-refractivity contribution in [3.63, 3.8) is 0 Å². The fraction of sp³-hybridized carbons (Fsp3) is 0.667. The Hall–Kier alpha value is -1.06. The largest absolute Gasteiger partial charge is 0.508 e. The molecule has 0 aromatic heterocycles. The van der Waals surface area contributed by atoms with Gasteiger partial charge in [-0.2, -0.15) is 0 Å². The first-order valence-electron chi connectivity index (χ1n) is 8.56. The molecule has 1 aromatic carbocycles. The Morgan fingerprint density at radius 2 is 2.05 bits per heavy atom. The number of aromatic hydroxyl groups is 1. The van der Waals surface area contributed by atoms with Crippen molar-refractivity contribution < 1.29 is 5.11 Å². The van der Waals surface area contributed by atoms with Gasteiger partial charge in [0.15, 0.2) is 0 Å². The van der Waals surface area contributed by atoms with Gasteiger partial charge in [0.05, 0.1) is 0 Å². The summed E-state index contributed by atoms with van der Waals surface area (Å²) in [6.07, 6.45) is 7.65. The van der Waals surface area contributed by atoms with Crippen molar-refractivity contribution >= 4 is 0 Å². The van der Waals surface area contributed by atoms with Crippen molar-refractivity contribution in [3.8, 4) is 5.75 Å². The number of para-hydroxylation sites is 1. The first-order chi connectivity index (χ1) is 10.3. The number of benzene rings is 1. The molecular formula is C18H28N2O. The molecule has 2 fully saturated rings. The summed E-state index contributed by atoms with van der Waals surface area (Å²) in [6, 6.07) is 9.56. The van der Waals surface area contributed by atoms with E-state index in [0.717, 1.165) is 31.1 Å². The molecule has 3 nitrogen and oxygen atoms in total. The highest BCUT2D eigenvalue weighted by Gasteiger charge is 2.36. The van der Waals surface area contributed by atoms with Gasteiger partial charge in [-0.15, -0.1) is 0 Å². The number of piperidine rings is 1. The Morgan fingerprint density at radius 1 is 1.24 bits per heavy atom. The number of rotatable bonds is 6. The van der Waals surface area contributed by atoms with Crippen LogP contribution in [0.25, 0.3) is 0 Å². The summed E-state index contributed by atoms with van der Waals surface area (Å²) in [7, 11) is 0. The van der Waals surface area contributed by atoms with Crippen LogP contribution in [0.5, 0.6) is 5.75 Å². The highest BCUT2D eigenvalue weighted by molar-refractivity contribution is 5.34. The molecular weight excluding hydrogens is 260 g/mol. The van der Waals surface area contributed by atoms with Gasteiger partial charge in [0.25, 0.3) is 0 Å². The molecule has 1 saturated carbocycles. The summed E-state index contributed by atoms with van der Waals surface area (Å²) >= 11 is 0. The number of phenols is 1. The van der Waals surface area contributed by atoms with Crippen molar-refractivity contribution in [2.45, 2.75) is 63.6 Å². The van der Waals surface area contributed by atoms with Crippen LogP contribution in [-0.4, -0.2) is 35.2 Å². The molecule has 2 atom stereocenters.